The molecule has 2 aromatic carbocycles. The van der Waals surface area contributed by atoms with E-state index in [2.05, 4.69) is 43.2 Å². The summed E-state index contributed by atoms with van der Waals surface area (Å²) in [5.41, 5.74) is 1.52. The van der Waals surface area contributed by atoms with Crippen LogP contribution >= 0.6 is 31.9 Å². The predicted molar refractivity (Wildman–Crippen MR) is 88.5 cm³/mol. The molecule has 2 rings (SSSR count). The highest BCUT2D eigenvalue weighted by atomic mass is 79.9. The second-order valence-electron chi connectivity index (χ2n) is 4.27. The molecule has 0 aliphatic carbocycles. The van der Waals surface area contributed by atoms with E-state index in [1.165, 1.54) is 7.11 Å². The summed E-state index contributed by atoms with van der Waals surface area (Å²) in [7, 11) is 1.47. The zero-order valence-electron chi connectivity index (χ0n) is 11.1. The van der Waals surface area contributed by atoms with E-state index in [0.29, 0.717) is 15.8 Å². The minimum atomic E-state index is -0.558. The average Bonchev–Trinajstić information content (AvgIpc) is 2.49. The van der Waals surface area contributed by atoms with E-state index in [0.717, 1.165) is 10.2 Å². The fraction of sp³-hybridized carbons (Fsp3) is 0.133. The van der Waals surface area contributed by atoms with Gasteiger partial charge in [0, 0.05) is 10.2 Å². The SMILES string of the molecule is COc1cc(C(C#N)Nc2ccc(Br)cc2)cc(Br)c1O. The van der Waals surface area contributed by atoms with Crippen molar-refractivity contribution in [2.45, 2.75) is 6.04 Å². The zero-order chi connectivity index (χ0) is 15.4. The third-order valence-corrected chi connectivity index (χ3v) is 4.02. The average molecular weight is 412 g/mol. The number of phenolic OH excluding ortho intramolecular Hbond substituents is 1. The van der Waals surface area contributed by atoms with Crippen molar-refractivity contribution in [2.24, 2.45) is 0 Å². The van der Waals surface area contributed by atoms with E-state index < -0.39 is 6.04 Å². The van der Waals surface area contributed by atoms with Crippen molar-refractivity contribution >= 4 is 37.5 Å². The van der Waals surface area contributed by atoms with E-state index in [-0.39, 0.29) is 5.75 Å². The van der Waals surface area contributed by atoms with Crippen LogP contribution in [0.15, 0.2) is 45.3 Å². The van der Waals surface area contributed by atoms with Gasteiger partial charge in [-0.05, 0) is 57.9 Å². The van der Waals surface area contributed by atoms with Crippen LogP contribution < -0.4 is 10.1 Å². The smallest absolute Gasteiger partial charge is 0.172 e. The van der Waals surface area contributed by atoms with E-state index in [9.17, 15) is 10.4 Å². The number of nitrogens with zero attached hydrogens (tertiary/aromatic N) is 1. The standard InChI is InChI=1S/C15H12Br2N2O2/c1-21-14-7-9(6-12(17)15(14)20)13(8-18)19-11-4-2-10(16)3-5-11/h2-7,13,19-20H,1H3. The van der Waals surface area contributed by atoms with Crippen LogP contribution in [0.3, 0.4) is 0 Å². The molecule has 1 atom stereocenters. The van der Waals surface area contributed by atoms with Gasteiger partial charge in [-0.1, -0.05) is 15.9 Å². The zero-order valence-corrected chi connectivity index (χ0v) is 14.3. The van der Waals surface area contributed by atoms with E-state index in [1.807, 2.05) is 24.3 Å². The summed E-state index contributed by atoms with van der Waals surface area (Å²) < 4.78 is 6.55. The maximum Gasteiger partial charge on any atom is 0.172 e. The number of hydrogen-bond donors (Lipinski definition) is 2. The van der Waals surface area contributed by atoms with Gasteiger partial charge in [-0.2, -0.15) is 5.26 Å². The van der Waals surface area contributed by atoms with Gasteiger partial charge in [0.1, 0.15) is 6.04 Å². The van der Waals surface area contributed by atoms with Crippen molar-refractivity contribution < 1.29 is 9.84 Å². The number of phenols is 1. The summed E-state index contributed by atoms with van der Waals surface area (Å²) >= 11 is 6.62. The minimum Gasteiger partial charge on any atom is -0.503 e. The first kappa shape index (κ1) is 15.7. The summed E-state index contributed by atoms with van der Waals surface area (Å²) in [5.74, 6) is 0.332. The molecule has 0 aliphatic rings. The molecule has 21 heavy (non-hydrogen) atoms. The molecule has 2 aromatic rings. The largest absolute Gasteiger partial charge is 0.503 e. The molecule has 0 aliphatic heterocycles. The van der Waals surface area contributed by atoms with Gasteiger partial charge in [-0.25, -0.2) is 0 Å². The van der Waals surface area contributed by atoms with Crippen molar-refractivity contribution in [3.05, 3.63) is 50.9 Å². The second-order valence-corrected chi connectivity index (χ2v) is 6.04. The lowest BCUT2D eigenvalue weighted by atomic mass is 10.1. The van der Waals surface area contributed by atoms with E-state index in [4.69, 9.17) is 4.74 Å². The number of halogens is 2. The molecule has 0 radical (unpaired) electrons. The highest BCUT2D eigenvalue weighted by molar-refractivity contribution is 9.10. The number of benzene rings is 2. The number of nitriles is 1. The summed E-state index contributed by atoms with van der Waals surface area (Å²) in [6.07, 6.45) is 0. The first-order valence-corrected chi connectivity index (χ1v) is 7.62. The van der Waals surface area contributed by atoms with Gasteiger partial charge in [0.2, 0.25) is 0 Å². The van der Waals surface area contributed by atoms with Crippen LogP contribution in [0.1, 0.15) is 11.6 Å². The molecule has 1 unspecified atom stereocenters. The Bertz CT molecular complexity index is 681. The van der Waals surface area contributed by atoms with Crippen LogP contribution in [0.25, 0.3) is 0 Å². The normalized spacial score (nSPS) is 11.5. The Morgan fingerprint density at radius 2 is 1.90 bits per heavy atom. The van der Waals surface area contributed by atoms with Crippen LogP contribution in [-0.2, 0) is 0 Å². The molecule has 0 saturated carbocycles. The van der Waals surface area contributed by atoms with Crippen LogP contribution in [0.2, 0.25) is 0 Å². The maximum atomic E-state index is 9.82. The molecule has 6 heteroatoms. The van der Waals surface area contributed by atoms with E-state index >= 15 is 0 Å². The Morgan fingerprint density at radius 3 is 2.48 bits per heavy atom. The van der Waals surface area contributed by atoms with Crippen molar-refractivity contribution in [3.8, 4) is 17.6 Å². The lowest BCUT2D eigenvalue weighted by Crippen LogP contribution is -2.08. The lowest BCUT2D eigenvalue weighted by molar-refractivity contribution is 0.371. The molecule has 0 saturated heterocycles. The Kier molecular flexibility index (Phi) is 5.10. The topological polar surface area (TPSA) is 65.3 Å². The maximum absolute atomic E-state index is 9.82. The third kappa shape index (κ3) is 3.69. The minimum absolute atomic E-state index is 0.0154. The van der Waals surface area contributed by atoms with E-state index in [1.54, 1.807) is 12.1 Å². The number of methoxy groups -OCH3 is 1. The quantitative estimate of drug-likeness (QED) is 0.771. The van der Waals surface area contributed by atoms with Gasteiger partial charge in [0.05, 0.1) is 17.7 Å². The molecule has 0 heterocycles. The summed E-state index contributed by atoms with van der Waals surface area (Å²) in [6, 6.07) is 12.5. The predicted octanol–water partition coefficient (Wildman–Crippen LogP) is 4.60. The molecule has 4 nitrogen and oxygen atoms in total. The van der Waals surface area contributed by atoms with Crippen molar-refractivity contribution in [1.29, 1.82) is 5.26 Å². The molecule has 108 valence electrons. The molecule has 2 N–H and O–H groups in total. The fourth-order valence-corrected chi connectivity index (χ4v) is 2.54. The van der Waals surface area contributed by atoms with Crippen LogP contribution in [0.5, 0.6) is 11.5 Å². The third-order valence-electron chi connectivity index (χ3n) is 2.89. The van der Waals surface area contributed by atoms with Gasteiger partial charge in [-0.3, -0.25) is 0 Å². The summed E-state index contributed by atoms with van der Waals surface area (Å²) in [6.45, 7) is 0. The van der Waals surface area contributed by atoms with Crippen molar-refractivity contribution in [3.63, 3.8) is 0 Å². The number of anilines is 1. The Hall–Kier alpha value is -1.71. The van der Waals surface area contributed by atoms with Crippen LogP contribution in [0, 0.1) is 11.3 Å². The first-order chi connectivity index (χ1) is 10.0. The van der Waals surface area contributed by atoms with Gasteiger partial charge >= 0.3 is 0 Å². The highest BCUT2D eigenvalue weighted by Gasteiger charge is 2.16. The molecule has 0 spiro atoms. The summed E-state index contributed by atoms with van der Waals surface area (Å²) in [5, 5.41) is 22.3. The van der Waals surface area contributed by atoms with Crippen LogP contribution in [-0.4, -0.2) is 12.2 Å². The van der Waals surface area contributed by atoms with Crippen LogP contribution in [0.4, 0.5) is 5.69 Å². The molecule has 0 bridgehead atoms. The highest BCUT2D eigenvalue weighted by Crippen LogP contribution is 2.37. The molecule has 0 amide bonds. The van der Waals surface area contributed by atoms with Gasteiger partial charge in [-0.15, -0.1) is 0 Å². The molecular formula is C15H12Br2N2O2. The molecule has 0 aromatic heterocycles. The van der Waals surface area contributed by atoms with Gasteiger partial charge < -0.3 is 15.2 Å². The number of nitrogens with one attached hydrogen (secondary N) is 1. The molecular weight excluding hydrogens is 400 g/mol. The van der Waals surface area contributed by atoms with Gasteiger partial charge in [0.15, 0.2) is 11.5 Å². The Labute approximate surface area is 139 Å². The molecule has 0 fully saturated rings. The lowest BCUT2D eigenvalue weighted by Gasteiger charge is -2.15. The first-order valence-electron chi connectivity index (χ1n) is 6.03. The second kappa shape index (κ2) is 6.83. The van der Waals surface area contributed by atoms with Crippen molar-refractivity contribution in [2.75, 3.05) is 12.4 Å². The van der Waals surface area contributed by atoms with Crippen molar-refractivity contribution in [1.82, 2.24) is 0 Å². The number of rotatable bonds is 4. The summed E-state index contributed by atoms with van der Waals surface area (Å²) in [4.78, 5) is 0. The Morgan fingerprint density at radius 1 is 1.24 bits per heavy atom. The number of ether oxygens (including phenoxy) is 1. The van der Waals surface area contributed by atoms with Gasteiger partial charge in [0.25, 0.3) is 0 Å². The number of aromatic hydroxyl groups is 1. The Balaban J connectivity index is 2.31. The monoisotopic (exact) mass is 410 g/mol. The number of hydrogen-bond acceptors (Lipinski definition) is 4. The fourth-order valence-electron chi connectivity index (χ4n) is 1.82.